The van der Waals surface area contributed by atoms with Gasteiger partial charge in [-0.25, -0.2) is 0 Å². The van der Waals surface area contributed by atoms with Crippen LogP contribution in [0.3, 0.4) is 0 Å². The average Bonchev–Trinajstić information content (AvgIpc) is 2.96. The van der Waals surface area contributed by atoms with E-state index in [0.717, 1.165) is 22.6 Å². The molecule has 0 unspecified atom stereocenters. The summed E-state index contributed by atoms with van der Waals surface area (Å²) in [7, 11) is 0. The molecular formula is C22H25ClN2O3. The highest BCUT2D eigenvalue weighted by atomic mass is 35.5. The van der Waals surface area contributed by atoms with Crippen molar-refractivity contribution in [3.8, 4) is 5.75 Å². The van der Waals surface area contributed by atoms with E-state index in [2.05, 4.69) is 0 Å². The lowest BCUT2D eigenvalue weighted by Gasteiger charge is -2.22. The number of amides is 2. The summed E-state index contributed by atoms with van der Waals surface area (Å²) in [6.45, 7) is 6.12. The molecule has 0 aromatic heterocycles. The Morgan fingerprint density at radius 3 is 2.25 bits per heavy atom. The van der Waals surface area contributed by atoms with Gasteiger partial charge in [0.2, 0.25) is 0 Å². The summed E-state index contributed by atoms with van der Waals surface area (Å²) in [5.74, 6) is 0.584. The van der Waals surface area contributed by atoms with Gasteiger partial charge in [0.05, 0.1) is 0 Å². The van der Waals surface area contributed by atoms with Crippen molar-refractivity contribution in [2.45, 2.75) is 20.3 Å². The van der Waals surface area contributed by atoms with Crippen LogP contribution in [0.15, 0.2) is 42.5 Å². The van der Waals surface area contributed by atoms with Gasteiger partial charge < -0.3 is 14.5 Å². The maximum Gasteiger partial charge on any atom is 0.260 e. The number of aryl methyl sites for hydroxylation is 2. The van der Waals surface area contributed by atoms with Gasteiger partial charge in [-0.2, -0.15) is 0 Å². The second kappa shape index (κ2) is 9.11. The Labute approximate surface area is 170 Å². The summed E-state index contributed by atoms with van der Waals surface area (Å²) < 4.78 is 5.69. The molecule has 1 aliphatic rings. The molecule has 148 valence electrons. The predicted molar refractivity (Wildman–Crippen MR) is 110 cm³/mol. The zero-order chi connectivity index (χ0) is 20.1. The second-order valence-electron chi connectivity index (χ2n) is 7.05. The number of carbonyl (C=O) groups excluding carboxylic acids is 2. The van der Waals surface area contributed by atoms with E-state index in [4.69, 9.17) is 16.3 Å². The first-order chi connectivity index (χ1) is 13.5. The zero-order valence-electron chi connectivity index (χ0n) is 16.3. The molecule has 1 aliphatic heterocycles. The van der Waals surface area contributed by atoms with Gasteiger partial charge in [-0.3, -0.25) is 9.59 Å². The van der Waals surface area contributed by atoms with Crippen molar-refractivity contribution in [2.75, 3.05) is 32.8 Å². The first-order valence-corrected chi connectivity index (χ1v) is 9.85. The van der Waals surface area contributed by atoms with Crippen molar-refractivity contribution in [2.24, 2.45) is 0 Å². The maximum absolute atomic E-state index is 12.6. The van der Waals surface area contributed by atoms with E-state index >= 15 is 0 Å². The molecule has 2 amide bonds. The highest BCUT2D eigenvalue weighted by Crippen LogP contribution is 2.25. The number of hydrogen-bond acceptors (Lipinski definition) is 3. The second-order valence-corrected chi connectivity index (χ2v) is 7.43. The van der Waals surface area contributed by atoms with Crippen LogP contribution < -0.4 is 4.74 Å². The molecule has 2 aromatic rings. The van der Waals surface area contributed by atoms with Crippen LogP contribution in [-0.4, -0.2) is 54.4 Å². The number of rotatable bonds is 4. The maximum atomic E-state index is 12.6. The van der Waals surface area contributed by atoms with Crippen molar-refractivity contribution in [3.63, 3.8) is 0 Å². The minimum absolute atomic E-state index is 0.0123. The SMILES string of the molecule is Cc1cc(OCC(=O)N2CCCN(C(=O)c3ccccc3)CC2)cc(C)c1Cl. The van der Waals surface area contributed by atoms with E-state index in [1.54, 1.807) is 4.90 Å². The summed E-state index contributed by atoms with van der Waals surface area (Å²) in [5, 5.41) is 0.717. The molecule has 1 saturated heterocycles. The molecular weight excluding hydrogens is 376 g/mol. The third-order valence-corrected chi connectivity index (χ3v) is 5.53. The van der Waals surface area contributed by atoms with E-state index in [0.29, 0.717) is 37.5 Å². The molecule has 28 heavy (non-hydrogen) atoms. The van der Waals surface area contributed by atoms with Crippen molar-refractivity contribution >= 4 is 23.4 Å². The number of carbonyl (C=O) groups is 2. The lowest BCUT2D eigenvalue weighted by atomic mass is 10.1. The third-order valence-electron chi connectivity index (χ3n) is 4.93. The topological polar surface area (TPSA) is 49.9 Å². The number of hydrogen-bond donors (Lipinski definition) is 0. The molecule has 1 heterocycles. The van der Waals surface area contributed by atoms with Crippen LogP contribution >= 0.6 is 11.6 Å². The molecule has 0 aliphatic carbocycles. The molecule has 5 nitrogen and oxygen atoms in total. The summed E-state index contributed by atoms with van der Waals surface area (Å²) in [6.07, 6.45) is 0.753. The van der Waals surface area contributed by atoms with E-state index in [1.165, 1.54) is 0 Å². The molecule has 0 saturated carbocycles. The van der Waals surface area contributed by atoms with E-state index in [9.17, 15) is 9.59 Å². The molecule has 3 rings (SSSR count). The number of halogens is 1. The van der Waals surface area contributed by atoms with Crippen LogP contribution in [0.25, 0.3) is 0 Å². The van der Waals surface area contributed by atoms with Gasteiger partial charge in [-0.05, 0) is 55.7 Å². The van der Waals surface area contributed by atoms with Gasteiger partial charge in [0.1, 0.15) is 5.75 Å². The van der Waals surface area contributed by atoms with E-state index < -0.39 is 0 Å². The Kier molecular flexibility index (Phi) is 6.57. The summed E-state index contributed by atoms with van der Waals surface area (Å²) >= 11 is 6.17. The molecule has 0 atom stereocenters. The molecule has 0 radical (unpaired) electrons. The molecule has 1 fully saturated rings. The Hall–Kier alpha value is -2.53. The van der Waals surface area contributed by atoms with Gasteiger partial charge in [0.25, 0.3) is 11.8 Å². The first-order valence-electron chi connectivity index (χ1n) is 9.47. The minimum atomic E-state index is -0.0701. The fourth-order valence-corrected chi connectivity index (χ4v) is 3.47. The Balaban J connectivity index is 1.55. The molecule has 0 bridgehead atoms. The molecule has 2 aromatic carbocycles. The molecule has 0 N–H and O–H groups in total. The van der Waals surface area contributed by atoms with Crippen LogP contribution in [0.4, 0.5) is 0 Å². The van der Waals surface area contributed by atoms with Crippen molar-refractivity contribution in [1.82, 2.24) is 9.80 Å². The smallest absolute Gasteiger partial charge is 0.260 e. The standard InChI is InChI=1S/C22H25ClN2O3/c1-16-13-19(14-17(2)21(16)23)28-15-20(26)24-9-6-10-25(12-11-24)22(27)18-7-4-3-5-8-18/h3-5,7-8,13-14H,6,9-12,15H2,1-2H3. The Morgan fingerprint density at radius 1 is 0.964 bits per heavy atom. The van der Waals surface area contributed by atoms with Crippen LogP contribution in [0, 0.1) is 13.8 Å². The van der Waals surface area contributed by atoms with Gasteiger partial charge in [-0.15, -0.1) is 0 Å². The van der Waals surface area contributed by atoms with E-state index in [-0.39, 0.29) is 18.4 Å². The van der Waals surface area contributed by atoms with Crippen LogP contribution in [0.1, 0.15) is 27.9 Å². The van der Waals surface area contributed by atoms with Gasteiger partial charge >= 0.3 is 0 Å². The fourth-order valence-electron chi connectivity index (χ4n) is 3.36. The number of benzene rings is 2. The summed E-state index contributed by atoms with van der Waals surface area (Å²) in [6, 6.07) is 12.9. The first kappa shape index (κ1) is 20.2. The fraction of sp³-hybridized carbons (Fsp3) is 0.364. The van der Waals surface area contributed by atoms with Crippen molar-refractivity contribution in [1.29, 1.82) is 0 Å². The average molecular weight is 401 g/mol. The van der Waals surface area contributed by atoms with Gasteiger partial charge in [-0.1, -0.05) is 29.8 Å². The lowest BCUT2D eigenvalue weighted by molar-refractivity contribution is -0.133. The van der Waals surface area contributed by atoms with Gasteiger partial charge in [0, 0.05) is 36.8 Å². The van der Waals surface area contributed by atoms with Crippen LogP contribution in [-0.2, 0) is 4.79 Å². The zero-order valence-corrected chi connectivity index (χ0v) is 17.0. The van der Waals surface area contributed by atoms with Gasteiger partial charge in [0.15, 0.2) is 6.61 Å². The molecule has 0 spiro atoms. The van der Waals surface area contributed by atoms with Crippen molar-refractivity contribution in [3.05, 3.63) is 64.2 Å². The highest BCUT2D eigenvalue weighted by Gasteiger charge is 2.23. The largest absolute Gasteiger partial charge is 0.484 e. The normalized spacial score (nSPS) is 14.5. The summed E-state index contributed by atoms with van der Waals surface area (Å²) in [5.41, 5.74) is 2.53. The monoisotopic (exact) mass is 400 g/mol. The highest BCUT2D eigenvalue weighted by molar-refractivity contribution is 6.32. The summed E-state index contributed by atoms with van der Waals surface area (Å²) in [4.78, 5) is 28.8. The van der Waals surface area contributed by atoms with Crippen molar-refractivity contribution < 1.29 is 14.3 Å². The third kappa shape index (κ3) is 4.84. The van der Waals surface area contributed by atoms with E-state index in [1.807, 2.05) is 61.2 Å². The molecule has 6 heteroatoms. The van der Waals surface area contributed by atoms with Crippen LogP contribution in [0.2, 0.25) is 5.02 Å². The Morgan fingerprint density at radius 2 is 1.57 bits per heavy atom. The lowest BCUT2D eigenvalue weighted by Crippen LogP contribution is -2.39. The van der Waals surface area contributed by atoms with Crippen LogP contribution in [0.5, 0.6) is 5.75 Å². The quantitative estimate of drug-likeness (QED) is 0.786. The number of ether oxygens (including phenoxy) is 1. The Bertz CT molecular complexity index is 831. The predicted octanol–water partition coefficient (Wildman–Crippen LogP) is 3.71. The number of nitrogens with zero attached hydrogens (tertiary/aromatic N) is 2. The minimum Gasteiger partial charge on any atom is -0.484 e.